The number of fused-ring (bicyclic) bond motifs is 2. The van der Waals surface area contributed by atoms with Crippen molar-refractivity contribution >= 4 is 29.3 Å². The summed E-state index contributed by atoms with van der Waals surface area (Å²) in [6.45, 7) is -1.56. The molecule has 0 aromatic carbocycles. The number of carbonyl (C=O) groups excluding carboxylic acids is 4. The summed E-state index contributed by atoms with van der Waals surface area (Å²) in [5, 5.41) is 0. The van der Waals surface area contributed by atoms with Crippen LogP contribution in [0.5, 0.6) is 0 Å². The lowest BCUT2D eigenvalue weighted by atomic mass is 9.67. The van der Waals surface area contributed by atoms with Gasteiger partial charge in [0, 0.05) is 57.6 Å². The molecule has 14 heteroatoms. The van der Waals surface area contributed by atoms with E-state index in [1.165, 1.54) is 23.6 Å². The molecule has 0 spiro atoms. The van der Waals surface area contributed by atoms with Crippen molar-refractivity contribution in [3.63, 3.8) is 0 Å². The summed E-state index contributed by atoms with van der Waals surface area (Å²) in [6.07, 6.45) is 0.862. The van der Waals surface area contributed by atoms with Gasteiger partial charge in [-0.25, -0.2) is 9.37 Å². The van der Waals surface area contributed by atoms with E-state index in [0.717, 1.165) is 47.7 Å². The molecule has 2 aromatic heterocycles. The Morgan fingerprint density at radius 1 is 1.05 bits per heavy atom. The minimum atomic E-state index is -4.99. The van der Waals surface area contributed by atoms with Crippen molar-refractivity contribution in [2.45, 2.75) is 51.2 Å². The van der Waals surface area contributed by atoms with Crippen molar-refractivity contribution in [1.82, 2.24) is 24.1 Å². The Kier molecular flexibility index (Phi) is 6.72. The van der Waals surface area contributed by atoms with Crippen LogP contribution < -0.4 is 0 Å². The topological polar surface area (TPSA) is 105 Å². The van der Waals surface area contributed by atoms with Crippen molar-refractivity contribution in [2.75, 3.05) is 39.3 Å². The van der Waals surface area contributed by atoms with Crippen molar-refractivity contribution in [2.24, 2.45) is 16.7 Å². The molecule has 1 saturated carbocycles. The van der Waals surface area contributed by atoms with E-state index in [4.69, 9.17) is 4.74 Å². The van der Waals surface area contributed by atoms with Gasteiger partial charge in [-0.2, -0.15) is 13.2 Å². The van der Waals surface area contributed by atoms with Gasteiger partial charge in [-0.3, -0.25) is 19.2 Å². The zero-order valence-corrected chi connectivity index (χ0v) is 23.0. The average Bonchev–Trinajstić information content (AvgIpc) is 3.74. The van der Waals surface area contributed by atoms with Gasteiger partial charge in [0.1, 0.15) is 28.0 Å². The van der Waals surface area contributed by atoms with Gasteiger partial charge in [-0.1, -0.05) is 12.8 Å². The van der Waals surface area contributed by atoms with Crippen LogP contribution in [-0.2, 0) is 19.1 Å². The molecule has 4 fully saturated rings. The fourth-order valence-corrected chi connectivity index (χ4v) is 7.42. The van der Waals surface area contributed by atoms with Crippen LogP contribution in [0.4, 0.5) is 17.6 Å². The van der Waals surface area contributed by atoms with E-state index < -0.39 is 72.7 Å². The molecule has 3 amide bonds. The second-order valence-electron chi connectivity index (χ2n) is 11.9. The number of alkyl halides is 3. The molecule has 226 valence electrons. The summed E-state index contributed by atoms with van der Waals surface area (Å²) < 4.78 is 65.5. The number of halogens is 4. The number of pyridine rings is 1. The van der Waals surface area contributed by atoms with Crippen LogP contribution in [-0.4, -0.2) is 99.3 Å². The highest BCUT2D eigenvalue weighted by molar-refractivity contribution is 5.95. The number of nitrogens with zero attached hydrogens (tertiary/aromatic N) is 5. The van der Waals surface area contributed by atoms with Crippen molar-refractivity contribution in [3.8, 4) is 0 Å². The molecule has 3 saturated heterocycles. The number of imidazole rings is 1. The molecule has 1 aliphatic carbocycles. The van der Waals surface area contributed by atoms with Crippen molar-refractivity contribution in [3.05, 3.63) is 36.0 Å². The Hall–Kier alpha value is -3.71. The van der Waals surface area contributed by atoms with E-state index in [1.807, 2.05) is 0 Å². The molecule has 6 rings (SSSR count). The fourth-order valence-electron chi connectivity index (χ4n) is 7.42. The Morgan fingerprint density at radius 3 is 2.43 bits per heavy atom. The van der Waals surface area contributed by atoms with Crippen LogP contribution in [0.25, 0.3) is 5.65 Å². The summed E-state index contributed by atoms with van der Waals surface area (Å²) in [4.78, 5) is 61.0. The van der Waals surface area contributed by atoms with Gasteiger partial charge in [-0.05, 0) is 31.9 Å². The molecular formula is C28H31F4N5O5. The summed E-state index contributed by atoms with van der Waals surface area (Å²) in [5.74, 6) is -4.18. The zero-order chi connectivity index (χ0) is 30.0. The minimum Gasteiger partial charge on any atom is -0.465 e. The highest BCUT2D eigenvalue weighted by Crippen LogP contribution is 2.61. The summed E-state index contributed by atoms with van der Waals surface area (Å²) in [6, 6.07) is 2.51. The molecule has 5 heterocycles. The summed E-state index contributed by atoms with van der Waals surface area (Å²) in [7, 11) is 0. The molecule has 0 bridgehead atoms. The Balaban J connectivity index is 1.30. The van der Waals surface area contributed by atoms with Crippen molar-refractivity contribution in [1.29, 1.82) is 0 Å². The maximum absolute atomic E-state index is 15.1. The number of rotatable bonds is 5. The van der Waals surface area contributed by atoms with E-state index in [2.05, 4.69) is 4.98 Å². The maximum Gasteiger partial charge on any atom is 0.399 e. The molecule has 42 heavy (non-hydrogen) atoms. The first-order valence-electron chi connectivity index (χ1n) is 14.1. The first-order valence-corrected chi connectivity index (χ1v) is 14.1. The Bertz CT molecular complexity index is 1460. The summed E-state index contributed by atoms with van der Waals surface area (Å²) in [5.41, 5.74) is -5.05. The van der Waals surface area contributed by atoms with Crippen LogP contribution >= 0.6 is 0 Å². The van der Waals surface area contributed by atoms with E-state index >= 15 is 13.2 Å². The lowest BCUT2D eigenvalue weighted by molar-refractivity contribution is -0.241. The molecule has 2 aromatic rings. The number of hydrogen-bond donors (Lipinski definition) is 0. The predicted molar refractivity (Wildman–Crippen MR) is 137 cm³/mol. The number of hydrogen-bond acceptors (Lipinski definition) is 6. The monoisotopic (exact) mass is 593 g/mol. The largest absolute Gasteiger partial charge is 0.465 e. The van der Waals surface area contributed by atoms with Gasteiger partial charge in [-0.15, -0.1) is 0 Å². The van der Waals surface area contributed by atoms with E-state index in [9.17, 15) is 23.6 Å². The normalized spacial score (nSPS) is 28.3. The molecular weight excluding hydrogens is 562 g/mol. The number of aromatic nitrogens is 2. The second kappa shape index (κ2) is 9.94. The Labute approximate surface area is 238 Å². The van der Waals surface area contributed by atoms with Crippen LogP contribution in [0.2, 0.25) is 0 Å². The van der Waals surface area contributed by atoms with E-state index in [1.54, 1.807) is 4.90 Å². The standard InChI is InChI=1S/C28H31F4N5O5/c1-2-42-25(41)26-13-35(23(39)17-9-22(38)37(10-17)19-5-3-4-6-19)15-27(26,28(30,31)32)16-36(14-26)24(40)20-12-34-11-18(29)7-8-21(34)33-20/h7-8,11-12,17,19H,2-6,9-10,13-16H2,1H3. The van der Waals surface area contributed by atoms with E-state index in [0.29, 0.717) is 0 Å². The smallest absolute Gasteiger partial charge is 0.399 e. The van der Waals surface area contributed by atoms with E-state index in [-0.39, 0.29) is 42.9 Å². The molecule has 10 nitrogen and oxygen atoms in total. The maximum atomic E-state index is 15.1. The zero-order valence-electron chi connectivity index (χ0n) is 23.0. The number of esters is 1. The van der Waals surface area contributed by atoms with Gasteiger partial charge in [0.05, 0.1) is 12.5 Å². The third-order valence-electron chi connectivity index (χ3n) is 9.47. The molecule has 3 aliphatic heterocycles. The van der Waals surface area contributed by atoms with Crippen LogP contribution in [0.15, 0.2) is 24.5 Å². The minimum absolute atomic E-state index is 0.0383. The first-order chi connectivity index (χ1) is 19.9. The number of likely N-dealkylation sites (tertiary alicyclic amines) is 3. The molecule has 3 atom stereocenters. The van der Waals surface area contributed by atoms with Crippen LogP contribution in [0, 0.1) is 22.6 Å². The molecule has 0 radical (unpaired) electrons. The first kappa shape index (κ1) is 28.4. The van der Waals surface area contributed by atoms with Gasteiger partial charge in [0.25, 0.3) is 5.91 Å². The number of amides is 3. The summed E-state index contributed by atoms with van der Waals surface area (Å²) >= 11 is 0. The van der Waals surface area contributed by atoms with Crippen LogP contribution in [0.3, 0.4) is 0 Å². The van der Waals surface area contributed by atoms with Crippen LogP contribution in [0.1, 0.15) is 49.5 Å². The Morgan fingerprint density at radius 2 is 1.74 bits per heavy atom. The molecule has 0 N–H and O–H groups in total. The lowest BCUT2D eigenvalue weighted by Gasteiger charge is -2.36. The molecule has 4 aliphatic rings. The van der Waals surface area contributed by atoms with Gasteiger partial charge in [0.15, 0.2) is 0 Å². The molecule has 3 unspecified atom stereocenters. The average molecular weight is 594 g/mol. The predicted octanol–water partition coefficient (Wildman–Crippen LogP) is 2.66. The lowest BCUT2D eigenvalue weighted by Crippen LogP contribution is -2.55. The fraction of sp³-hybridized carbons (Fsp3) is 0.607. The van der Waals surface area contributed by atoms with Gasteiger partial charge < -0.3 is 23.8 Å². The van der Waals surface area contributed by atoms with Crippen molar-refractivity contribution < 1.29 is 41.5 Å². The van der Waals surface area contributed by atoms with Gasteiger partial charge >= 0.3 is 12.1 Å². The highest BCUT2D eigenvalue weighted by Gasteiger charge is 2.79. The highest BCUT2D eigenvalue weighted by atomic mass is 19.4. The number of carbonyl (C=O) groups is 4. The van der Waals surface area contributed by atoms with Gasteiger partial charge in [0.2, 0.25) is 11.8 Å². The SMILES string of the molecule is CCOC(=O)C12CN(C(=O)c3cn4cc(F)ccc4n3)CC1(C(F)(F)F)CN(C(=O)C1CC(=O)N(C3CCCC3)C1)C2. The quantitative estimate of drug-likeness (QED) is 0.390. The third-order valence-corrected chi connectivity index (χ3v) is 9.47. The third kappa shape index (κ3) is 4.24. The number of ether oxygens (including phenoxy) is 1. The second-order valence-corrected chi connectivity index (χ2v) is 11.9.